The summed E-state index contributed by atoms with van der Waals surface area (Å²) in [6.07, 6.45) is 3.58. The van der Waals surface area contributed by atoms with Crippen LogP contribution in [0.15, 0.2) is 39.9 Å². The molecule has 2 aliphatic rings. The zero-order chi connectivity index (χ0) is 24.9. The number of amides is 1. The van der Waals surface area contributed by atoms with Crippen molar-refractivity contribution in [3.05, 3.63) is 62.6 Å². The summed E-state index contributed by atoms with van der Waals surface area (Å²) in [5, 5.41) is 3.15. The molecule has 0 radical (unpaired) electrons. The highest BCUT2D eigenvalue weighted by Gasteiger charge is 2.29. The number of halogens is 1. The molecule has 1 atom stereocenters. The van der Waals surface area contributed by atoms with Crippen LogP contribution in [-0.4, -0.2) is 52.7 Å². The molecule has 0 unspecified atom stereocenters. The van der Waals surface area contributed by atoms with Crippen LogP contribution in [-0.2, 0) is 24.9 Å². The number of hydrogen-bond acceptors (Lipinski definition) is 5. The summed E-state index contributed by atoms with van der Waals surface area (Å²) in [5.41, 5.74) is 0.0661. The lowest BCUT2D eigenvalue weighted by Crippen LogP contribution is -2.48. The number of nitrogens with one attached hydrogen (secondary N) is 1. The van der Waals surface area contributed by atoms with Crippen LogP contribution in [0.1, 0.15) is 38.2 Å². The molecular weight excluding hydrogens is 449 g/mol. The third kappa shape index (κ3) is 5.83. The Labute approximate surface area is 205 Å². The Kier molecular flexibility index (Phi) is 8.05. The highest BCUT2D eigenvalue weighted by molar-refractivity contribution is 5.79. The maximum Gasteiger partial charge on any atom is 0.332 e. The molecule has 35 heavy (non-hydrogen) atoms. The Morgan fingerprint density at radius 2 is 1.86 bits per heavy atom. The lowest BCUT2D eigenvalue weighted by molar-refractivity contribution is -0.125. The van der Waals surface area contributed by atoms with Crippen LogP contribution in [0.3, 0.4) is 0 Å². The fourth-order valence-electron chi connectivity index (χ4n) is 5.22. The van der Waals surface area contributed by atoms with Gasteiger partial charge in [0, 0.05) is 51.4 Å². The van der Waals surface area contributed by atoms with Crippen molar-refractivity contribution < 1.29 is 9.18 Å². The molecule has 9 heteroatoms. The van der Waals surface area contributed by atoms with Crippen LogP contribution in [0, 0.1) is 17.7 Å². The van der Waals surface area contributed by atoms with E-state index in [9.17, 15) is 18.8 Å². The molecule has 0 spiro atoms. The van der Waals surface area contributed by atoms with Crippen molar-refractivity contribution in [1.29, 1.82) is 0 Å². The van der Waals surface area contributed by atoms with Gasteiger partial charge in [-0.05, 0) is 57.7 Å². The summed E-state index contributed by atoms with van der Waals surface area (Å²) in [4.78, 5) is 42.0. The van der Waals surface area contributed by atoms with Gasteiger partial charge in [-0.25, -0.2) is 9.18 Å². The summed E-state index contributed by atoms with van der Waals surface area (Å²) in [5.74, 6) is 0.723. The lowest BCUT2D eigenvalue weighted by Gasteiger charge is -2.35. The first-order chi connectivity index (χ1) is 16.9. The van der Waals surface area contributed by atoms with Gasteiger partial charge in [0.1, 0.15) is 11.6 Å². The lowest BCUT2D eigenvalue weighted by atomic mass is 9.94. The fraction of sp³-hybridized carbons (Fsp3) is 0.577. The molecule has 0 saturated carbocycles. The quantitative estimate of drug-likeness (QED) is 0.649. The van der Waals surface area contributed by atoms with Gasteiger partial charge in [0.25, 0.3) is 5.56 Å². The molecule has 3 heterocycles. The van der Waals surface area contributed by atoms with Crippen LogP contribution in [0.25, 0.3) is 0 Å². The second-order valence-corrected chi connectivity index (χ2v) is 9.77. The fourth-order valence-corrected chi connectivity index (χ4v) is 5.22. The van der Waals surface area contributed by atoms with Crippen molar-refractivity contribution in [2.24, 2.45) is 18.9 Å². The number of aromatic nitrogens is 2. The monoisotopic (exact) mass is 485 g/mol. The number of piperidine rings is 2. The zero-order valence-corrected chi connectivity index (χ0v) is 20.7. The van der Waals surface area contributed by atoms with Gasteiger partial charge in [-0.3, -0.25) is 23.6 Å². The molecule has 1 amide bonds. The first kappa shape index (κ1) is 25.2. The van der Waals surface area contributed by atoms with Gasteiger partial charge in [-0.2, -0.15) is 0 Å². The number of anilines is 1. The van der Waals surface area contributed by atoms with Crippen molar-refractivity contribution in [2.45, 2.75) is 45.7 Å². The average Bonchev–Trinajstić information content (AvgIpc) is 2.88. The molecular formula is C26H36FN5O3. The summed E-state index contributed by atoms with van der Waals surface area (Å²) >= 11 is 0. The number of carbonyl (C=O) groups excluding carboxylic acids is 1. The van der Waals surface area contributed by atoms with E-state index in [4.69, 9.17) is 0 Å². The van der Waals surface area contributed by atoms with Gasteiger partial charge in [0.15, 0.2) is 0 Å². The Hall–Kier alpha value is -2.94. The number of rotatable bonds is 7. The normalized spacial score (nSPS) is 19.6. The summed E-state index contributed by atoms with van der Waals surface area (Å²) in [6, 6.07) is 8.42. The Morgan fingerprint density at radius 3 is 2.57 bits per heavy atom. The van der Waals surface area contributed by atoms with E-state index in [1.54, 1.807) is 10.6 Å². The molecule has 190 valence electrons. The molecule has 4 rings (SSSR count). The van der Waals surface area contributed by atoms with Crippen LogP contribution >= 0.6 is 0 Å². The van der Waals surface area contributed by atoms with Crippen molar-refractivity contribution >= 4 is 11.7 Å². The Morgan fingerprint density at radius 1 is 1.11 bits per heavy atom. The standard InChI is InChI=1S/C26H36FN5O3/c1-3-32-23(15-24(33)29(2)26(32)35)31-12-6-8-21(18-31)25(34)28-16-19-10-13-30(14-11-19)17-20-7-4-5-9-22(20)27/h4-5,7,9,15,19,21H,3,6,8,10-14,16-18H2,1-2H3,(H,28,34)/t21-/m0/s1. The molecule has 2 fully saturated rings. The van der Waals surface area contributed by atoms with E-state index in [-0.39, 0.29) is 28.9 Å². The van der Waals surface area contributed by atoms with Gasteiger partial charge in [0.2, 0.25) is 5.91 Å². The Bertz CT molecular complexity index is 1150. The molecule has 0 aliphatic carbocycles. The number of benzene rings is 1. The maximum atomic E-state index is 13.9. The van der Waals surface area contributed by atoms with Gasteiger partial charge in [-0.15, -0.1) is 0 Å². The van der Waals surface area contributed by atoms with Crippen molar-refractivity contribution in [3.63, 3.8) is 0 Å². The zero-order valence-electron chi connectivity index (χ0n) is 20.7. The van der Waals surface area contributed by atoms with E-state index >= 15 is 0 Å². The molecule has 2 saturated heterocycles. The first-order valence-corrected chi connectivity index (χ1v) is 12.7. The summed E-state index contributed by atoms with van der Waals surface area (Å²) in [7, 11) is 1.48. The molecule has 2 aliphatic heterocycles. The van der Waals surface area contributed by atoms with Crippen molar-refractivity contribution in [2.75, 3.05) is 37.6 Å². The minimum Gasteiger partial charge on any atom is -0.357 e. The average molecular weight is 486 g/mol. The van der Waals surface area contributed by atoms with Crippen molar-refractivity contribution in [1.82, 2.24) is 19.4 Å². The molecule has 8 nitrogen and oxygen atoms in total. The second kappa shape index (κ2) is 11.2. The Balaban J connectivity index is 1.28. The number of hydrogen-bond donors (Lipinski definition) is 1. The van der Waals surface area contributed by atoms with Crippen LogP contribution in [0.4, 0.5) is 10.2 Å². The smallest absolute Gasteiger partial charge is 0.332 e. The third-order valence-electron chi connectivity index (χ3n) is 7.43. The van der Waals surface area contributed by atoms with Gasteiger partial charge in [-0.1, -0.05) is 18.2 Å². The first-order valence-electron chi connectivity index (χ1n) is 12.7. The van der Waals surface area contributed by atoms with Gasteiger partial charge in [0.05, 0.1) is 5.92 Å². The molecule has 0 bridgehead atoms. The highest BCUT2D eigenvalue weighted by Crippen LogP contribution is 2.23. The van der Waals surface area contributed by atoms with Crippen LogP contribution < -0.4 is 21.5 Å². The van der Waals surface area contributed by atoms with E-state index in [1.807, 2.05) is 24.0 Å². The van der Waals surface area contributed by atoms with E-state index in [0.29, 0.717) is 37.9 Å². The van der Waals surface area contributed by atoms with Crippen molar-refractivity contribution in [3.8, 4) is 0 Å². The number of nitrogens with zero attached hydrogens (tertiary/aromatic N) is 4. The van der Waals surface area contributed by atoms with E-state index in [1.165, 1.54) is 19.2 Å². The van der Waals surface area contributed by atoms with E-state index < -0.39 is 0 Å². The molecule has 1 N–H and O–H groups in total. The molecule has 1 aromatic carbocycles. The van der Waals surface area contributed by atoms with E-state index in [2.05, 4.69) is 10.2 Å². The van der Waals surface area contributed by atoms with Gasteiger partial charge < -0.3 is 10.2 Å². The topological polar surface area (TPSA) is 79.6 Å². The van der Waals surface area contributed by atoms with Gasteiger partial charge >= 0.3 is 5.69 Å². The number of likely N-dealkylation sites (tertiary alicyclic amines) is 1. The maximum absolute atomic E-state index is 13.9. The third-order valence-corrected chi connectivity index (χ3v) is 7.43. The summed E-state index contributed by atoms with van der Waals surface area (Å²) in [6.45, 7) is 6.61. The predicted octanol–water partition coefficient (Wildman–Crippen LogP) is 1.95. The van der Waals surface area contributed by atoms with Crippen LogP contribution in [0.2, 0.25) is 0 Å². The predicted molar refractivity (Wildman–Crippen MR) is 134 cm³/mol. The minimum absolute atomic E-state index is 0.0396. The highest BCUT2D eigenvalue weighted by atomic mass is 19.1. The summed E-state index contributed by atoms with van der Waals surface area (Å²) < 4.78 is 16.6. The van der Waals surface area contributed by atoms with Crippen LogP contribution in [0.5, 0.6) is 0 Å². The molecule has 1 aromatic heterocycles. The second-order valence-electron chi connectivity index (χ2n) is 9.77. The largest absolute Gasteiger partial charge is 0.357 e. The number of carbonyl (C=O) groups is 1. The minimum atomic E-state index is -0.331. The molecule has 2 aromatic rings. The SMILES string of the molecule is CCn1c(N2CCC[C@H](C(=O)NCC3CCN(Cc4ccccc4F)CC3)C2)cc(=O)n(C)c1=O. The van der Waals surface area contributed by atoms with E-state index in [0.717, 1.165) is 55.4 Å².